The van der Waals surface area contributed by atoms with Gasteiger partial charge < -0.3 is 5.32 Å². The average Bonchev–Trinajstić information content (AvgIpc) is 3.32. The zero-order valence-corrected chi connectivity index (χ0v) is 19.4. The van der Waals surface area contributed by atoms with Crippen molar-refractivity contribution in [3.05, 3.63) is 72.2 Å². The Morgan fingerprint density at radius 2 is 1.86 bits per heavy atom. The van der Waals surface area contributed by atoms with Gasteiger partial charge in [0.15, 0.2) is 0 Å². The number of carbonyl (C=O) groups excluding carboxylic acids is 1. The molecule has 3 atom stereocenters. The van der Waals surface area contributed by atoms with Crippen molar-refractivity contribution in [1.82, 2.24) is 24.6 Å². The van der Waals surface area contributed by atoms with Gasteiger partial charge >= 0.3 is 6.18 Å². The molecule has 36 heavy (non-hydrogen) atoms. The SMILES string of the molecule is O=C(NCc1cc(-c2ccc(C(F)(F)F)nc2)ncn1)C1CC(CF)CN1S(=O)c1ccc(F)cc1. The van der Waals surface area contributed by atoms with Crippen LogP contribution in [0.5, 0.6) is 0 Å². The van der Waals surface area contributed by atoms with Gasteiger partial charge in [0.1, 0.15) is 34.9 Å². The van der Waals surface area contributed by atoms with Crippen LogP contribution in [0.25, 0.3) is 11.3 Å². The minimum atomic E-state index is -4.56. The maximum atomic E-state index is 13.4. The average molecular weight is 526 g/mol. The molecule has 1 aromatic carbocycles. The van der Waals surface area contributed by atoms with Gasteiger partial charge in [-0.25, -0.2) is 22.9 Å². The van der Waals surface area contributed by atoms with Gasteiger partial charge in [0.2, 0.25) is 5.91 Å². The van der Waals surface area contributed by atoms with E-state index in [1.54, 1.807) is 0 Å². The van der Waals surface area contributed by atoms with Crippen molar-refractivity contribution in [3.8, 4) is 11.3 Å². The molecule has 1 fully saturated rings. The van der Waals surface area contributed by atoms with Crippen LogP contribution in [-0.4, -0.2) is 48.6 Å². The quantitative estimate of drug-likeness (QED) is 0.476. The van der Waals surface area contributed by atoms with E-state index >= 15 is 0 Å². The largest absolute Gasteiger partial charge is 0.433 e. The number of nitrogens with one attached hydrogen (secondary N) is 1. The number of rotatable bonds is 7. The Balaban J connectivity index is 1.44. The van der Waals surface area contributed by atoms with Crippen molar-refractivity contribution in [2.45, 2.75) is 30.1 Å². The molecule has 0 bridgehead atoms. The van der Waals surface area contributed by atoms with Crippen LogP contribution in [0.4, 0.5) is 22.0 Å². The van der Waals surface area contributed by atoms with Crippen LogP contribution >= 0.6 is 0 Å². The Morgan fingerprint density at radius 3 is 2.50 bits per heavy atom. The molecular formula is C23H20F5N5O2S. The monoisotopic (exact) mass is 525 g/mol. The topological polar surface area (TPSA) is 88.1 Å². The van der Waals surface area contributed by atoms with Gasteiger partial charge in [0.05, 0.1) is 29.5 Å². The first-order valence-corrected chi connectivity index (χ1v) is 11.9. The summed E-state index contributed by atoms with van der Waals surface area (Å²) < 4.78 is 79.2. The summed E-state index contributed by atoms with van der Waals surface area (Å²) in [5, 5.41) is 2.69. The van der Waals surface area contributed by atoms with Gasteiger partial charge in [-0.1, -0.05) is 0 Å². The van der Waals surface area contributed by atoms with E-state index in [2.05, 4.69) is 20.3 Å². The lowest BCUT2D eigenvalue weighted by Crippen LogP contribution is -2.43. The van der Waals surface area contributed by atoms with E-state index in [1.807, 2.05) is 0 Å². The third-order valence-corrected chi connectivity index (χ3v) is 7.11. The molecule has 0 aliphatic carbocycles. The summed E-state index contributed by atoms with van der Waals surface area (Å²) in [6.07, 6.45) is -2.15. The third kappa shape index (κ3) is 5.90. The Morgan fingerprint density at radius 1 is 1.11 bits per heavy atom. The third-order valence-electron chi connectivity index (χ3n) is 5.61. The number of aromatic nitrogens is 3. The fourth-order valence-corrected chi connectivity index (χ4v) is 5.17. The van der Waals surface area contributed by atoms with E-state index in [4.69, 9.17) is 0 Å². The molecule has 1 saturated heterocycles. The Hall–Kier alpha value is -3.32. The van der Waals surface area contributed by atoms with Crippen molar-refractivity contribution in [3.63, 3.8) is 0 Å². The molecule has 0 spiro atoms. The molecule has 1 aliphatic heterocycles. The highest BCUT2D eigenvalue weighted by atomic mass is 32.2. The molecule has 1 amide bonds. The lowest BCUT2D eigenvalue weighted by atomic mass is 10.1. The van der Waals surface area contributed by atoms with Crippen LogP contribution < -0.4 is 5.32 Å². The van der Waals surface area contributed by atoms with Gasteiger partial charge in [-0.05, 0) is 48.9 Å². The van der Waals surface area contributed by atoms with Crippen LogP contribution in [-0.2, 0) is 28.5 Å². The highest BCUT2D eigenvalue weighted by Crippen LogP contribution is 2.29. The van der Waals surface area contributed by atoms with Gasteiger partial charge in [0.25, 0.3) is 0 Å². The number of alkyl halides is 4. The zero-order chi connectivity index (χ0) is 25.9. The fourth-order valence-electron chi connectivity index (χ4n) is 3.77. The number of hydrogen-bond acceptors (Lipinski definition) is 5. The van der Waals surface area contributed by atoms with Crippen LogP contribution in [0, 0.1) is 11.7 Å². The number of benzene rings is 1. The van der Waals surface area contributed by atoms with E-state index in [-0.39, 0.29) is 19.5 Å². The summed E-state index contributed by atoms with van der Waals surface area (Å²) >= 11 is 0. The van der Waals surface area contributed by atoms with E-state index in [0.717, 1.165) is 24.4 Å². The number of amides is 1. The molecular weight excluding hydrogens is 505 g/mol. The molecule has 190 valence electrons. The van der Waals surface area contributed by atoms with Gasteiger partial charge in [-0.15, -0.1) is 0 Å². The van der Waals surface area contributed by atoms with E-state index < -0.39 is 53.2 Å². The summed E-state index contributed by atoms with van der Waals surface area (Å²) in [6, 6.07) is 7.71. The molecule has 3 heterocycles. The Bertz CT molecular complexity index is 1240. The minimum Gasteiger partial charge on any atom is -0.349 e. The smallest absolute Gasteiger partial charge is 0.349 e. The highest BCUT2D eigenvalue weighted by molar-refractivity contribution is 7.82. The van der Waals surface area contributed by atoms with Crippen molar-refractivity contribution in [1.29, 1.82) is 0 Å². The number of carbonyl (C=O) groups is 1. The second kappa shape index (κ2) is 10.7. The Kier molecular flexibility index (Phi) is 7.69. The lowest BCUT2D eigenvalue weighted by Gasteiger charge is -2.22. The summed E-state index contributed by atoms with van der Waals surface area (Å²) in [5.41, 5.74) is -0.00804. The molecule has 7 nitrogen and oxygen atoms in total. The molecule has 1 aliphatic rings. The highest BCUT2D eigenvalue weighted by Gasteiger charge is 2.40. The summed E-state index contributed by atoms with van der Waals surface area (Å²) in [7, 11) is -1.80. The normalized spacial score (nSPS) is 19.2. The first kappa shape index (κ1) is 25.8. The van der Waals surface area contributed by atoms with Crippen molar-refractivity contribution in [2.24, 2.45) is 5.92 Å². The zero-order valence-electron chi connectivity index (χ0n) is 18.6. The maximum absolute atomic E-state index is 13.4. The van der Waals surface area contributed by atoms with Crippen molar-refractivity contribution < 1.29 is 31.0 Å². The first-order valence-electron chi connectivity index (χ1n) is 10.8. The molecule has 3 unspecified atom stereocenters. The molecule has 0 saturated carbocycles. The predicted molar refractivity (Wildman–Crippen MR) is 119 cm³/mol. The van der Waals surface area contributed by atoms with E-state index in [0.29, 0.717) is 21.8 Å². The minimum absolute atomic E-state index is 0.0454. The Labute approximate surface area is 205 Å². The number of halogens is 5. The molecule has 4 rings (SSSR count). The number of hydrogen-bond donors (Lipinski definition) is 1. The van der Waals surface area contributed by atoms with Crippen LogP contribution in [0.1, 0.15) is 17.8 Å². The van der Waals surface area contributed by atoms with Gasteiger partial charge in [0, 0.05) is 24.2 Å². The fraction of sp³-hybridized carbons (Fsp3) is 0.304. The van der Waals surface area contributed by atoms with Gasteiger partial charge in [-0.2, -0.15) is 13.2 Å². The molecule has 3 aromatic rings. The standard InChI is InChI=1S/C23H20F5N5O2S/c24-9-14-7-20(33(12-14)36(35)18-4-2-16(25)3-5-18)22(34)30-11-17-8-19(32-13-31-17)15-1-6-21(29-10-15)23(26,27)28/h1-6,8,10,13-14,20H,7,9,11-12H2,(H,30,34). The summed E-state index contributed by atoms with van der Waals surface area (Å²) in [5.74, 6) is -1.47. The van der Waals surface area contributed by atoms with Crippen molar-refractivity contribution in [2.75, 3.05) is 13.2 Å². The molecule has 2 aromatic heterocycles. The molecule has 1 N–H and O–H groups in total. The summed E-state index contributed by atoms with van der Waals surface area (Å²) in [4.78, 5) is 24.7. The maximum Gasteiger partial charge on any atom is 0.433 e. The first-order chi connectivity index (χ1) is 17.2. The second-order valence-electron chi connectivity index (χ2n) is 8.12. The van der Waals surface area contributed by atoms with Crippen LogP contribution in [0.15, 0.2) is 59.9 Å². The summed E-state index contributed by atoms with van der Waals surface area (Å²) in [6.45, 7) is -0.634. The van der Waals surface area contributed by atoms with E-state index in [9.17, 15) is 31.0 Å². The van der Waals surface area contributed by atoms with E-state index in [1.165, 1.54) is 34.9 Å². The predicted octanol–water partition coefficient (Wildman–Crippen LogP) is 3.70. The number of pyridine rings is 1. The van der Waals surface area contributed by atoms with Crippen LogP contribution in [0.2, 0.25) is 0 Å². The lowest BCUT2D eigenvalue weighted by molar-refractivity contribution is -0.141. The van der Waals surface area contributed by atoms with Crippen LogP contribution in [0.3, 0.4) is 0 Å². The molecule has 13 heteroatoms. The van der Waals surface area contributed by atoms with Gasteiger partial charge in [-0.3, -0.25) is 14.2 Å². The molecule has 0 radical (unpaired) electrons. The number of nitrogens with zero attached hydrogens (tertiary/aromatic N) is 4. The second-order valence-corrected chi connectivity index (χ2v) is 9.56. The van der Waals surface area contributed by atoms with Crippen molar-refractivity contribution >= 4 is 16.9 Å².